The molecule has 6 rings (SSSR count). The van der Waals surface area contributed by atoms with Crippen molar-refractivity contribution in [1.29, 1.82) is 0 Å². The summed E-state index contributed by atoms with van der Waals surface area (Å²) in [4.78, 5) is 74.9. The van der Waals surface area contributed by atoms with E-state index in [9.17, 15) is 33.9 Å². The van der Waals surface area contributed by atoms with E-state index >= 15 is 0 Å². The highest BCUT2D eigenvalue weighted by atomic mass is 35.7. The number of carboxylic acids is 1. The number of carboxylic acid groups (broad SMARTS) is 1. The molecule has 2 amide bonds. The fourth-order valence-corrected chi connectivity index (χ4v) is 7.64. The van der Waals surface area contributed by atoms with Gasteiger partial charge < -0.3 is 45.3 Å². The molecule has 20 nitrogen and oxygen atoms in total. The first kappa shape index (κ1) is 62.9. The average molecular weight is 1150 g/mol. The summed E-state index contributed by atoms with van der Waals surface area (Å²) >= 11 is 28.9. The molecule has 0 aliphatic heterocycles. The zero-order chi connectivity index (χ0) is 55.9. The Kier molecular flexibility index (Phi) is 26.4. The number of amides is 2. The van der Waals surface area contributed by atoms with Gasteiger partial charge in [0.15, 0.2) is 22.7 Å². The summed E-state index contributed by atoms with van der Waals surface area (Å²) in [6.07, 6.45) is 2.98. The molecule has 0 spiro atoms. The van der Waals surface area contributed by atoms with Crippen LogP contribution in [0.5, 0.6) is 11.5 Å². The number of carbonyl (C=O) groups excluding carboxylic acids is 3. The summed E-state index contributed by atoms with van der Waals surface area (Å²) in [6, 6.07) is 20.5. The van der Waals surface area contributed by atoms with Crippen molar-refractivity contribution in [1.82, 2.24) is 30.2 Å². The molecule has 75 heavy (non-hydrogen) atoms. The maximum atomic E-state index is 12.9. The number of aryl methyl sites for hydroxylation is 2. The average Bonchev–Trinajstić information content (AvgIpc) is 3.37. The number of esters is 1. The molecule has 0 aliphatic carbocycles. The number of aliphatic carboxylic acids is 1. The monoisotopic (exact) mass is 1150 g/mol. The predicted molar refractivity (Wildman–Crippen MR) is 285 cm³/mol. The van der Waals surface area contributed by atoms with Gasteiger partial charge in [0.1, 0.15) is 18.7 Å². The second kappa shape index (κ2) is 31.5. The van der Waals surface area contributed by atoms with Crippen LogP contribution in [0, 0.1) is 0 Å². The van der Waals surface area contributed by atoms with Crippen LogP contribution >= 0.6 is 64.7 Å². The summed E-state index contributed by atoms with van der Waals surface area (Å²) in [5.74, 6) is -2.62. The Hall–Kier alpha value is -6.39. The maximum absolute atomic E-state index is 12.9. The number of methoxy groups -OCH3 is 2. The minimum absolute atomic E-state index is 0.00884. The Morgan fingerprint density at radius 2 is 0.987 bits per heavy atom. The highest BCUT2D eigenvalue weighted by molar-refractivity contribution is 7.93. The molecule has 27 heteroatoms. The lowest BCUT2D eigenvalue weighted by atomic mass is 10.0. The number of hydrogen-bond donors (Lipinski definition) is 6. The molecule has 3 atom stereocenters. The van der Waals surface area contributed by atoms with Crippen molar-refractivity contribution >= 4 is 96.0 Å². The standard InChI is InChI=1S/C24H23Cl2N3O6.C22H19Cl2N3O5.C2H6O2.BClOP/c1-29-23(32)20(19(34-2)13-27-29)15-8-6-14(7-9-15)12-18(24(33)35-11-10-30)28-22(31)21-16(25)4-3-5-17(21)26;1-27-21(29)18(17(32-2)11-25-27)13-8-6-12(7-9-13)10-16(22(30)31)26-20(28)19-14(23)4-3-5-15(19)24;3-1-2-4;1-4(2)3/h3-9,13,18,30H,10-12H2,1-2H3,(H,28,31);3-9,11,16H,10H2,1-2H3,(H,26,28)(H,30,31);3-4H,1-2H2;/q;;;+1/t18-;16-;;/m00../s1. The molecule has 4 aromatic carbocycles. The number of hydrogen-bond acceptors (Lipinski definition) is 15. The van der Waals surface area contributed by atoms with E-state index in [1.54, 1.807) is 60.7 Å². The van der Waals surface area contributed by atoms with Gasteiger partial charge in [0.25, 0.3) is 22.9 Å². The van der Waals surface area contributed by atoms with E-state index < -0.39 is 42.9 Å². The highest BCUT2D eigenvalue weighted by Crippen LogP contribution is 2.29. The minimum Gasteiger partial charge on any atom is -0.494 e. The molecule has 0 fully saturated rings. The smallest absolute Gasteiger partial charge is 0.494 e. The van der Waals surface area contributed by atoms with Crippen molar-refractivity contribution in [2.45, 2.75) is 24.9 Å². The molecule has 1 unspecified atom stereocenters. The van der Waals surface area contributed by atoms with Crippen LogP contribution in [-0.4, -0.2) is 124 Å². The normalized spacial score (nSPS) is 11.3. The number of carbonyl (C=O) groups is 4. The molecule has 0 bridgehead atoms. The third-order valence-corrected chi connectivity index (χ3v) is 11.3. The van der Waals surface area contributed by atoms with Crippen LogP contribution in [0.15, 0.2) is 107 Å². The Balaban J connectivity index is 0.000000347. The molecule has 2 aromatic heterocycles. The van der Waals surface area contributed by atoms with Gasteiger partial charge in [0.2, 0.25) is 0 Å². The van der Waals surface area contributed by atoms with Gasteiger partial charge in [-0.1, -0.05) is 112 Å². The summed E-state index contributed by atoms with van der Waals surface area (Å²) in [7, 11) is 8.45. The van der Waals surface area contributed by atoms with E-state index in [1.807, 2.05) is 0 Å². The van der Waals surface area contributed by atoms with Gasteiger partial charge in [-0.2, -0.15) is 10.2 Å². The van der Waals surface area contributed by atoms with E-state index in [1.165, 1.54) is 74.3 Å². The molecule has 6 N–H and O–H groups in total. The Labute approximate surface area is 456 Å². The zero-order valence-electron chi connectivity index (χ0n) is 40.2. The Morgan fingerprint density at radius 1 is 0.640 bits per heavy atom. The van der Waals surface area contributed by atoms with Crippen LogP contribution in [0.25, 0.3) is 22.3 Å². The van der Waals surface area contributed by atoms with Gasteiger partial charge in [-0.25, -0.2) is 19.0 Å². The number of halogens is 5. The van der Waals surface area contributed by atoms with Crippen LogP contribution in [0.4, 0.5) is 0 Å². The van der Waals surface area contributed by atoms with Crippen molar-refractivity contribution < 1.29 is 58.4 Å². The maximum Gasteiger partial charge on any atom is 0.532 e. The van der Waals surface area contributed by atoms with E-state index in [0.29, 0.717) is 44.9 Å². The van der Waals surface area contributed by atoms with Crippen molar-refractivity contribution in [2.75, 3.05) is 40.6 Å². The largest absolute Gasteiger partial charge is 0.532 e. The number of ether oxygens (including phenoxy) is 3. The lowest BCUT2D eigenvalue weighted by Crippen LogP contribution is -2.43. The van der Waals surface area contributed by atoms with Gasteiger partial charge in [0, 0.05) is 26.9 Å². The number of aliphatic hydroxyl groups excluding tert-OH is 3. The molecule has 0 aliphatic rings. The summed E-state index contributed by atoms with van der Waals surface area (Å²) in [5.41, 5.74) is 2.57. The molecule has 2 radical (unpaired) electrons. The third kappa shape index (κ3) is 18.7. The van der Waals surface area contributed by atoms with Gasteiger partial charge in [-0.3, -0.25) is 19.2 Å². The molecule has 2 heterocycles. The van der Waals surface area contributed by atoms with E-state index in [2.05, 4.69) is 39.6 Å². The molecule has 396 valence electrons. The van der Waals surface area contributed by atoms with Gasteiger partial charge >= 0.3 is 26.5 Å². The first-order valence-corrected chi connectivity index (χ1v) is 25.4. The predicted octanol–water partition coefficient (Wildman–Crippen LogP) is 5.85. The van der Waals surface area contributed by atoms with Crippen molar-refractivity contribution in [3.8, 4) is 33.8 Å². The summed E-state index contributed by atoms with van der Waals surface area (Å²) in [6.45, 7) is -0.831. The molecule has 6 aromatic rings. The second-order valence-electron chi connectivity index (χ2n) is 15.0. The van der Waals surface area contributed by atoms with Crippen molar-refractivity contribution in [3.63, 3.8) is 0 Å². The van der Waals surface area contributed by atoms with E-state index in [0.717, 1.165) is 0 Å². The summed E-state index contributed by atoms with van der Waals surface area (Å²) in [5, 5.41) is 47.3. The molecular weight excluding hydrogens is 1100 g/mol. The van der Waals surface area contributed by atoms with Crippen molar-refractivity contribution in [2.24, 2.45) is 14.1 Å². The number of nitrogens with zero attached hydrogens (tertiary/aromatic N) is 4. The van der Waals surface area contributed by atoms with E-state index in [-0.39, 0.29) is 81.6 Å². The lowest BCUT2D eigenvalue weighted by molar-refractivity contribution is -0.147. The van der Waals surface area contributed by atoms with E-state index in [4.69, 9.17) is 80.5 Å². The van der Waals surface area contributed by atoms with Gasteiger partial charge in [0.05, 0.1) is 88.8 Å². The Morgan fingerprint density at radius 3 is 1.31 bits per heavy atom. The Bertz CT molecular complexity index is 3020. The van der Waals surface area contributed by atoms with Crippen LogP contribution in [0.2, 0.25) is 20.1 Å². The van der Waals surface area contributed by atoms with Crippen LogP contribution in [0.1, 0.15) is 31.8 Å². The number of nitrogens with one attached hydrogen (secondary N) is 2. The minimum atomic E-state index is -1.90. The number of rotatable bonds is 17. The fraction of sp³-hybridized carbons (Fsp3) is 0.250. The van der Waals surface area contributed by atoms with Crippen LogP contribution in [-0.2, 0) is 45.8 Å². The first-order valence-electron chi connectivity index (χ1n) is 21.6. The first-order chi connectivity index (χ1) is 35.6. The molecular formula is C48H48BCl5N6O14P+. The zero-order valence-corrected chi connectivity index (χ0v) is 44.9. The number of aliphatic hydroxyl groups is 3. The molecule has 0 saturated heterocycles. The quantitative estimate of drug-likeness (QED) is 0.0355. The lowest BCUT2D eigenvalue weighted by Gasteiger charge is -2.19. The SMILES string of the molecule is COc1cnn(C)c(=O)c1-c1ccc(C[C@H](NC(=O)c2c(Cl)cccc2Cl)C(=O)O)cc1.COc1cnn(C)c(=O)c1-c1ccc(C[C@H](NC(=O)c2c(Cl)cccc2Cl)C(=O)OCCO)cc1.OCCO.[B][P+](=O)Cl. The van der Waals surface area contributed by atoms with Crippen LogP contribution < -0.4 is 31.2 Å². The highest BCUT2D eigenvalue weighted by Gasteiger charge is 2.27. The summed E-state index contributed by atoms with van der Waals surface area (Å²) < 4.78 is 27.1. The van der Waals surface area contributed by atoms with Crippen molar-refractivity contribution in [3.05, 3.63) is 160 Å². The topological polar surface area (TPSA) is 288 Å². The van der Waals surface area contributed by atoms with Gasteiger partial charge in [-0.15, -0.1) is 0 Å². The number of aromatic nitrogens is 4. The number of benzene rings is 4. The van der Waals surface area contributed by atoms with Gasteiger partial charge in [-0.05, 0) is 46.5 Å². The molecule has 0 saturated carbocycles. The van der Waals surface area contributed by atoms with Crippen LogP contribution in [0.3, 0.4) is 0 Å². The second-order valence-corrected chi connectivity index (χ2v) is 18.2. The third-order valence-electron chi connectivity index (χ3n) is 10.0. The fourth-order valence-electron chi connectivity index (χ4n) is 6.50.